The molecule has 0 radical (unpaired) electrons. The standard InChI is InChI=1S/C12H16N4O4/c1-6(2)8(10(13)17)16-12(20)15-7-4-3-5-14-9(7)11(18)19/h3-6,8H,1-2H3,(H2,13,17)(H,18,19)(H2,15,16,20). The van der Waals surface area contributed by atoms with Gasteiger partial charge in [0, 0.05) is 6.20 Å². The number of carbonyl (C=O) groups is 3. The molecule has 1 rings (SSSR count). The summed E-state index contributed by atoms with van der Waals surface area (Å²) in [6.07, 6.45) is 1.30. The third kappa shape index (κ3) is 3.94. The molecule has 1 heterocycles. The van der Waals surface area contributed by atoms with Crippen molar-refractivity contribution < 1.29 is 19.5 Å². The molecule has 0 saturated carbocycles. The Kier molecular flexibility index (Phi) is 5.01. The first-order valence-corrected chi connectivity index (χ1v) is 5.88. The molecule has 8 nitrogen and oxygen atoms in total. The average molecular weight is 280 g/mol. The van der Waals surface area contributed by atoms with Crippen LogP contribution in [0.5, 0.6) is 0 Å². The maximum Gasteiger partial charge on any atom is 0.356 e. The van der Waals surface area contributed by atoms with E-state index in [4.69, 9.17) is 10.8 Å². The highest BCUT2D eigenvalue weighted by Crippen LogP contribution is 2.12. The van der Waals surface area contributed by atoms with Crippen LogP contribution < -0.4 is 16.4 Å². The average Bonchev–Trinajstić information content (AvgIpc) is 2.35. The number of urea groups is 1. The van der Waals surface area contributed by atoms with E-state index in [0.29, 0.717) is 0 Å². The Bertz CT molecular complexity index is 530. The number of nitrogens with one attached hydrogen (secondary N) is 2. The summed E-state index contributed by atoms with van der Waals surface area (Å²) in [6, 6.07) is 1.30. The van der Waals surface area contributed by atoms with E-state index >= 15 is 0 Å². The van der Waals surface area contributed by atoms with Gasteiger partial charge in [0.15, 0.2) is 5.69 Å². The number of anilines is 1. The summed E-state index contributed by atoms with van der Waals surface area (Å²) in [5.41, 5.74) is 4.91. The van der Waals surface area contributed by atoms with Crippen LogP contribution in [0.25, 0.3) is 0 Å². The van der Waals surface area contributed by atoms with Gasteiger partial charge in [-0.3, -0.25) is 4.79 Å². The van der Waals surface area contributed by atoms with Crippen LogP contribution in [0.1, 0.15) is 24.3 Å². The van der Waals surface area contributed by atoms with E-state index in [2.05, 4.69) is 15.6 Å². The van der Waals surface area contributed by atoms with Gasteiger partial charge in [-0.25, -0.2) is 14.6 Å². The lowest BCUT2D eigenvalue weighted by molar-refractivity contribution is -0.120. The van der Waals surface area contributed by atoms with E-state index in [9.17, 15) is 14.4 Å². The van der Waals surface area contributed by atoms with E-state index in [1.165, 1.54) is 18.3 Å². The van der Waals surface area contributed by atoms with Crippen molar-refractivity contribution >= 4 is 23.6 Å². The van der Waals surface area contributed by atoms with Gasteiger partial charge in [-0.05, 0) is 18.1 Å². The normalized spacial score (nSPS) is 11.8. The summed E-state index contributed by atoms with van der Waals surface area (Å²) in [7, 11) is 0. The first kappa shape index (κ1) is 15.4. The molecular formula is C12H16N4O4. The van der Waals surface area contributed by atoms with Crippen molar-refractivity contribution in [1.82, 2.24) is 10.3 Å². The summed E-state index contributed by atoms with van der Waals surface area (Å²) in [6.45, 7) is 3.45. The molecule has 0 fully saturated rings. The Hall–Kier alpha value is -2.64. The molecule has 5 N–H and O–H groups in total. The van der Waals surface area contributed by atoms with Gasteiger partial charge in [-0.2, -0.15) is 0 Å². The predicted octanol–water partition coefficient (Wildman–Crippen LogP) is 0.411. The van der Waals surface area contributed by atoms with Gasteiger partial charge >= 0.3 is 12.0 Å². The fraction of sp³-hybridized carbons (Fsp3) is 0.333. The molecule has 0 aliphatic rings. The number of pyridine rings is 1. The zero-order chi connectivity index (χ0) is 15.3. The number of hydrogen-bond acceptors (Lipinski definition) is 4. The molecule has 0 saturated heterocycles. The van der Waals surface area contributed by atoms with Crippen LogP contribution in [0, 0.1) is 5.92 Å². The Labute approximate surface area is 115 Å². The third-order valence-electron chi connectivity index (χ3n) is 2.52. The first-order valence-electron chi connectivity index (χ1n) is 5.88. The minimum Gasteiger partial charge on any atom is -0.476 e. The van der Waals surface area contributed by atoms with Crippen LogP contribution in [-0.4, -0.2) is 34.0 Å². The number of amides is 3. The summed E-state index contributed by atoms with van der Waals surface area (Å²) < 4.78 is 0. The van der Waals surface area contributed by atoms with Crippen molar-refractivity contribution in [2.45, 2.75) is 19.9 Å². The van der Waals surface area contributed by atoms with Gasteiger partial charge in [0.05, 0.1) is 5.69 Å². The first-order chi connectivity index (χ1) is 9.32. The van der Waals surface area contributed by atoms with Gasteiger partial charge in [0.25, 0.3) is 0 Å². The van der Waals surface area contributed by atoms with Crippen LogP contribution in [0.15, 0.2) is 18.3 Å². The number of carbonyl (C=O) groups excluding carboxylic acids is 2. The molecule has 8 heteroatoms. The number of carboxylic acid groups (broad SMARTS) is 1. The van der Waals surface area contributed by atoms with Crippen LogP contribution in [-0.2, 0) is 4.79 Å². The third-order valence-corrected chi connectivity index (χ3v) is 2.52. The van der Waals surface area contributed by atoms with Gasteiger partial charge in [-0.1, -0.05) is 13.8 Å². The van der Waals surface area contributed by atoms with Gasteiger partial charge in [-0.15, -0.1) is 0 Å². The van der Waals surface area contributed by atoms with E-state index in [-0.39, 0.29) is 17.3 Å². The minimum atomic E-state index is -1.27. The van der Waals surface area contributed by atoms with Crippen molar-refractivity contribution in [3.63, 3.8) is 0 Å². The highest BCUT2D eigenvalue weighted by atomic mass is 16.4. The highest BCUT2D eigenvalue weighted by molar-refractivity contribution is 5.99. The SMILES string of the molecule is CC(C)C(NC(=O)Nc1cccnc1C(=O)O)C(N)=O. The monoisotopic (exact) mass is 280 g/mol. The van der Waals surface area contributed by atoms with Crippen molar-refractivity contribution in [2.75, 3.05) is 5.32 Å². The molecule has 0 aromatic carbocycles. The Morgan fingerprint density at radius 2 is 2.00 bits per heavy atom. The van der Waals surface area contributed by atoms with Crippen LogP contribution in [0.2, 0.25) is 0 Å². The van der Waals surface area contributed by atoms with E-state index < -0.39 is 23.9 Å². The van der Waals surface area contributed by atoms with Crippen LogP contribution >= 0.6 is 0 Å². The second-order valence-electron chi connectivity index (χ2n) is 4.43. The quantitative estimate of drug-likeness (QED) is 0.619. The number of hydrogen-bond donors (Lipinski definition) is 4. The second kappa shape index (κ2) is 6.50. The minimum absolute atomic E-state index is 0.0319. The van der Waals surface area contributed by atoms with Crippen molar-refractivity contribution in [2.24, 2.45) is 11.7 Å². The molecule has 0 spiro atoms. The number of nitrogens with two attached hydrogens (primary N) is 1. The van der Waals surface area contributed by atoms with Gasteiger partial charge < -0.3 is 21.5 Å². The number of aromatic nitrogens is 1. The fourth-order valence-corrected chi connectivity index (χ4v) is 1.54. The number of nitrogens with zero attached hydrogens (tertiary/aromatic N) is 1. The number of rotatable bonds is 5. The zero-order valence-electron chi connectivity index (χ0n) is 11.1. The second-order valence-corrected chi connectivity index (χ2v) is 4.43. The van der Waals surface area contributed by atoms with Crippen molar-refractivity contribution in [3.05, 3.63) is 24.0 Å². The molecule has 3 amide bonds. The molecule has 0 bridgehead atoms. The summed E-state index contributed by atoms with van der Waals surface area (Å²) >= 11 is 0. The maximum absolute atomic E-state index is 11.8. The molecule has 20 heavy (non-hydrogen) atoms. The number of carboxylic acids is 1. The molecule has 1 atom stereocenters. The predicted molar refractivity (Wildman–Crippen MR) is 71.2 cm³/mol. The Morgan fingerprint density at radius 3 is 2.50 bits per heavy atom. The van der Waals surface area contributed by atoms with E-state index in [1.54, 1.807) is 13.8 Å². The molecule has 1 aromatic rings. The van der Waals surface area contributed by atoms with Gasteiger partial charge in [0.2, 0.25) is 5.91 Å². The molecule has 1 aromatic heterocycles. The van der Waals surface area contributed by atoms with Crippen molar-refractivity contribution in [1.29, 1.82) is 0 Å². The Balaban J connectivity index is 2.81. The lowest BCUT2D eigenvalue weighted by Gasteiger charge is -2.19. The summed E-state index contributed by atoms with van der Waals surface area (Å²) in [4.78, 5) is 37.5. The molecular weight excluding hydrogens is 264 g/mol. The lowest BCUT2D eigenvalue weighted by Crippen LogP contribution is -2.49. The largest absolute Gasteiger partial charge is 0.476 e. The van der Waals surface area contributed by atoms with Gasteiger partial charge in [0.1, 0.15) is 6.04 Å². The number of aromatic carboxylic acids is 1. The van der Waals surface area contributed by atoms with Crippen LogP contribution in [0.3, 0.4) is 0 Å². The zero-order valence-corrected chi connectivity index (χ0v) is 11.1. The number of primary amides is 1. The van der Waals surface area contributed by atoms with E-state index in [1.807, 2.05) is 0 Å². The summed E-state index contributed by atoms with van der Waals surface area (Å²) in [5.74, 6) is -2.12. The highest BCUT2D eigenvalue weighted by Gasteiger charge is 2.22. The molecule has 0 aliphatic carbocycles. The lowest BCUT2D eigenvalue weighted by atomic mass is 10.0. The smallest absolute Gasteiger partial charge is 0.356 e. The maximum atomic E-state index is 11.8. The van der Waals surface area contributed by atoms with Crippen molar-refractivity contribution in [3.8, 4) is 0 Å². The topological polar surface area (TPSA) is 134 Å². The fourth-order valence-electron chi connectivity index (χ4n) is 1.54. The summed E-state index contributed by atoms with van der Waals surface area (Å²) in [5, 5.41) is 13.6. The molecule has 1 unspecified atom stereocenters. The van der Waals surface area contributed by atoms with Crippen LogP contribution in [0.4, 0.5) is 10.5 Å². The Morgan fingerprint density at radius 1 is 1.35 bits per heavy atom. The molecule has 108 valence electrons. The molecule has 0 aliphatic heterocycles. The van der Waals surface area contributed by atoms with E-state index in [0.717, 1.165) is 0 Å².